The van der Waals surface area contributed by atoms with E-state index in [1.54, 1.807) is 6.07 Å². The van der Waals surface area contributed by atoms with Crippen molar-refractivity contribution in [3.63, 3.8) is 0 Å². The maximum Gasteiger partial charge on any atom is 0.347 e. The van der Waals surface area contributed by atoms with Crippen LogP contribution in [0.2, 0.25) is 5.02 Å². The van der Waals surface area contributed by atoms with E-state index in [0.717, 1.165) is 0 Å². The van der Waals surface area contributed by atoms with E-state index in [9.17, 15) is 4.79 Å². The maximum absolute atomic E-state index is 12.7. The number of benzene rings is 2. The van der Waals surface area contributed by atoms with E-state index in [4.69, 9.17) is 31.1 Å². The summed E-state index contributed by atoms with van der Waals surface area (Å²) in [4.78, 5) is 12.7. The van der Waals surface area contributed by atoms with Crippen LogP contribution in [0.4, 0.5) is 0 Å². The number of hydrogen-bond acceptors (Lipinski definition) is 5. The van der Waals surface area contributed by atoms with Crippen molar-refractivity contribution in [2.75, 3.05) is 14.2 Å². The number of methoxy groups -OCH3 is 2. The molecule has 27 heavy (non-hydrogen) atoms. The molecule has 0 N–H and O–H groups in total. The van der Waals surface area contributed by atoms with Crippen molar-refractivity contribution in [2.45, 2.75) is 0 Å². The molecule has 0 radical (unpaired) electrons. The number of nitriles is 1. The smallest absolute Gasteiger partial charge is 0.347 e. The van der Waals surface area contributed by atoms with E-state index < -0.39 is 5.97 Å². The summed E-state index contributed by atoms with van der Waals surface area (Å²) >= 11 is 6.35. The quantitative estimate of drug-likeness (QED) is 0.487. The minimum absolute atomic E-state index is 0.171. The predicted molar refractivity (Wildman–Crippen MR) is 100.0 cm³/mol. The molecule has 3 rings (SSSR count). The largest absolute Gasteiger partial charge is 0.496 e. The van der Waals surface area contributed by atoms with E-state index in [1.807, 2.05) is 35.2 Å². The predicted octanol–water partition coefficient (Wildman–Crippen LogP) is 4.24. The number of esters is 1. The Hall–Kier alpha value is -3.43. The van der Waals surface area contributed by atoms with Gasteiger partial charge in [0.05, 0.1) is 36.6 Å². The average molecular weight is 383 g/mol. The molecule has 0 aliphatic heterocycles. The maximum atomic E-state index is 12.7. The number of ether oxygens (including phenoxy) is 3. The molecule has 1 heterocycles. The van der Waals surface area contributed by atoms with Gasteiger partial charge in [-0.05, 0) is 30.3 Å². The summed E-state index contributed by atoms with van der Waals surface area (Å²) in [7, 11) is 2.89. The first-order chi connectivity index (χ1) is 13.1. The Morgan fingerprint density at radius 2 is 1.74 bits per heavy atom. The van der Waals surface area contributed by atoms with Crippen LogP contribution < -0.4 is 14.2 Å². The molecule has 136 valence electrons. The zero-order valence-corrected chi connectivity index (χ0v) is 15.4. The monoisotopic (exact) mass is 382 g/mol. The van der Waals surface area contributed by atoms with Crippen molar-refractivity contribution in [1.82, 2.24) is 4.57 Å². The Balaban J connectivity index is 1.96. The second-order valence-electron chi connectivity index (χ2n) is 5.46. The third-order valence-electron chi connectivity index (χ3n) is 3.87. The third kappa shape index (κ3) is 3.73. The average Bonchev–Trinajstić information content (AvgIpc) is 3.22. The lowest BCUT2D eigenvalue weighted by atomic mass is 10.1. The number of hydrogen-bond donors (Lipinski definition) is 0. The normalized spacial score (nSPS) is 10.1. The molecule has 0 fully saturated rings. The summed E-state index contributed by atoms with van der Waals surface area (Å²) < 4.78 is 17.8. The molecule has 1 aromatic heterocycles. The van der Waals surface area contributed by atoms with Gasteiger partial charge < -0.3 is 18.8 Å². The van der Waals surface area contributed by atoms with Crippen LogP contribution in [0.1, 0.15) is 15.9 Å². The molecule has 0 aliphatic carbocycles. The number of rotatable bonds is 5. The standard InChI is InChI=1S/C20H15ClN2O4/c1-25-18-11-16(23-7-3-4-8-23)15(21)10-14(18)20(24)27-17-6-5-13(12-22)9-19(17)26-2/h3-11H,1-2H3. The van der Waals surface area contributed by atoms with Gasteiger partial charge in [-0.2, -0.15) is 5.26 Å². The van der Waals surface area contributed by atoms with Gasteiger partial charge in [-0.25, -0.2) is 4.79 Å². The van der Waals surface area contributed by atoms with E-state index in [2.05, 4.69) is 0 Å². The number of carbonyl (C=O) groups excluding carboxylic acids is 1. The fraction of sp³-hybridized carbons (Fsp3) is 0.100. The minimum Gasteiger partial charge on any atom is -0.496 e. The van der Waals surface area contributed by atoms with Crippen molar-refractivity contribution >= 4 is 17.6 Å². The number of aromatic nitrogens is 1. The molecule has 0 saturated heterocycles. The lowest BCUT2D eigenvalue weighted by Crippen LogP contribution is -2.11. The first-order valence-electron chi connectivity index (χ1n) is 7.88. The lowest BCUT2D eigenvalue weighted by Gasteiger charge is -2.14. The minimum atomic E-state index is -0.657. The van der Waals surface area contributed by atoms with Crippen molar-refractivity contribution in [3.05, 3.63) is 71.0 Å². The highest BCUT2D eigenvalue weighted by Gasteiger charge is 2.20. The molecule has 0 bridgehead atoms. The van der Waals surface area contributed by atoms with E-state index in [0.29, 0.717) is 22.0 Å². The number of nitrogens with zero attached hydrogens (tertiary/aromatic N) is 2. The number of halogens is 1. The van der Waals surface area contributed by atoms with Gasteiger partial charge in [0.1, 0.15) is 11.3 Å². The van der Waals surface area contributed by atoms with Crippen LogP contribution in [0, 0.1) is 11.3 Å². The Labute approximate surface area is 161 Å². The Morgan fingerprint density at radius 1 is 1.04 bits per heavy atom. The van der Waals surface area contributed by atoms with E-state index in [-0.39, 0.29) is 17.1 Å². The molecule has 3 aromatic rings. The van der Waals surface area contributed by atoms with E-state index in [1.165, 1.54) is 38.5 Å². The second-order valence-corrected chi connectivity index (χ2v) is 5.87. The summed E-state index contributed by atoms with van der Waals surface area (Å²) in [6.07, 6.45) is 3.67. The molecule has 0 unspecified atom stereocenters. The fourth-order valence-electron chi connectivity index (χ4n) is 2.54. The first kappa shape index (κ1) is 18.4. The van der Waals surface area contributed by atoms with Gasteiger partial charge in [-0.15, -0.1) is 0 Å². The van der Waals surface area contributed by atoms with Crippen LogP contribution in [-0.4, -0.2) is 24.8 Å². The van der Waals surface area contributed by atoms with Crippen molar-refractivity contribution < 1.29 is 19.0 Å². The van der Waals surface area contributed by atoms with Gasteiger partial charge in [0.25, 0.3) is 0 Å². The summed E-state index contributed by atoms with van der Waals surface area (Å²) in [5, 5.41) is 9.33. The summed E-state index contributed by atoms with van der Waals surface area (Å²) in [6.45, 7) is 0. The zero-order valence-electron chi connectivity index (χ0n) is 14.6. The van der Waals surface area contributed by atoms with E-state index >= 15 is 0 Å². The van der Waals surface area contributed by atoms with Crippen LogP contribution in [0.25, 0.3) is 5.69 Å². The second kappa shape index (κ2) is 7.85. The fourth-order valence-corrected chi connectivity index (χ4v) is 2.80. The van der Waals surface area contributed by atoms with Crippen LogP contribution in [0.5, 0.6) is 17.2 Å². The molecule has 0 saturated carbocycles. The summed E-state index contributed by atoms with van der Waals surface area (Å²) in [5.41, 5.74) is 1.24. The summed E-state index contributed by atoms with van der Waals surface area (Å²) in [6, 6.07) is 13.4. The topological polar surface area (TPSA) is 73.5 Å². The zero-order chi connectivity index (χ0) is 19.4. The number of carbonyl (C=O) groups is 1. The van der Waals surface area contributed by atoms with Gasteiger partial charge >= 0.3 is 5.97 Å². The van der Waals surface area contributed by atoms with Gasteiger partial charge in [-0.3, -0.25) is 0 Å². The molecule has 0 amide bonds. The van der Waals surface area contributed by atoms with Crippen molar-refractivity contribution in [3.8, 4) is 29.0 Å². The van der Waals surface area contributed by atoms with Crippen molar-refractivity contribution in [2.24, 2.45) is 0 Å². The summed E-state index contributed by atoms with van der Waals surface area (Å²) in [5.74, 6) is 0.127. The molecule has 0 atom stereocenters. The van der Waals surface area contributed by atoms with Gasteiger partial charge in [0, 0.05) is 24.5 Å². The molecule has 7 heteroatoms. The molecular formula is C20H15ClN2O4. The molecule has 0 aliphatic rings. The SMILES string of the molecule is COc1cc(C#N)ccc1OC(=O)c1cc(Cl)c(-n2cccc2)cc1OC. The highest BCUT2D eigenvalue weighted by Crippen LogP contribution is 2.33. The van der Waals surface area contributed by atoms with Gasteiger partial charge in [0.2, 0.25) is 0 Å². The van der Waals surface area contributed by atoms with Crippen LogP contribution in [0.15, 0.2) is 54.9 Å². The Bertz CT molecular complexity index is 1020. The third-order valence-corrected chi connectivity index (χ3v) is 4.17. The van der Waals surface area contributed by atoms with Crippen LogP contribution in [0.3, 0.4) is 0 Å². The molecule has 6 nitrogen and oxygen atoms in total. The van der Waals surface area contributed by atoms with Gasteiger partial charge in [0.15, 0.2) is 11.5 Å². The Morgan fingerprint density at radius 3 is 2.37 bits per heavy atom. The van der Waals surface area contributed by atoms with Gasteiger partial charge in [-0.1, -0.05) is 11.6 Å². The lowest BCUT2D eigenvalue weighted by molar-refractivity contribution is 0.0726. The highest BCUT2D eigenvalue weighted by atomic mass is 35.5. The molecular weight excluding hydrogens is 368 g/mol. The Kier molecular flexibility index (Phi) is 5.34. The highest BCUT2D eigenvalue weighted by molar-refractivity contribution is 6.33. The van der Waals surface area contributed by atoms with Crippen LogP contribution >= 0.6 is 11.6 Å². The first-order valence-corrected chi connectivity index (χ1v) is 8.26. The van der Waals surface area contributed by atoms with Crippen molar-refractivity contribution in [1.29, 1.82) is 5.26 Å². The van der Waals surface area contributed by atoms with Crippen LogP contribution in [-0.2, 0) is 0 Å². The molecule has 2 aromatic carbocycles. The molecule has 0 spiro atoms.